The van der Waals surface area contributed by atoms with Crippen LogP contribution in [0.1, 0.15) is 17.5 Å². The Labute approximate surface area is 171 Å². The Kier molecular flexibility index (Phi) is 8.78. The number of aliphatic carboxylic acids is 1. The van der Waals surface area contributed by atoms with E-state index in [4.69, 9.17) is 16.3 Å². The number of carboxylic acid groups (broad SMARTS) is 1. The Morgan fingerprint density at radius 1 is 1.31 bits per heavy atom. The van der Waals surface area contributed by atoms with Gasteiger partial charge in [-0.3, -0.25) is 4.79 Å². The lowest BCUT2D eigenvalue weighted by atomic mass is 10.1. The molecule has 2 N–H and O–H groups in total. The quantitative estimate of drug-likeness (QED) is 0.526. The predicted molar refractivity (Wildman–Crippen MR) is 111 cm³/mol. The maximum Gasteiger partial charge on any atom is 0.320 e. The smallest absolute Gasteiger partial charge is 0.320 e. The average molecular weight is 459 g/mol. The van der Waals surface area contributed by atoms with E-state index in [0.717, 1.165) is 21.4 Å². The summed E-state index contributed by atoms with van der Waals surface area (Å²) in [4.78, 5) is 11.4. The highest BCUT2D eigenvalue weighted by Crippen LogP contribution is 2.25. The second-order valence-corrected chi connectivity index (χ2v) is 7.99. The number of benzene rings is 2. The van der Waals surface area contributed by atoms with Gasteiger partial charge in [-0.2, -0.15) is 11.8 Å². The van der Waals surface area contributed by atoms with Gasteiger partial charge >= 0.3 is 5.97 Å². The van der Waals surface area contributed by atoms with Gasteiger partial charge in [0, 0.05) is 27.2 Å². The Morgan fingerprint density at radius 3 is 2.77 bits per heavy atom. The Balaban J connectivity index is 2.06. The molecular formula is C19H21BrClNO3S. The van der Waals surface area contributed by atoms with E-state index in [1.807, 2.05) is 48.7 Å². The van der Waals surface area contributed by atoms with Gasteiger partial charge in [-0.05, 0) is 42.7 Å². The summed E-state index contributed by atoms with van der Waals surface area (Å²) >= 11 is 11.3. The monoisotopic (exact) mass is 457 g/mol. The van der Waals surface area contributed by atoms with Crippen molar-refractivity contribution in [3.63, 3.8) is 0 Å². The molecule has 0 spiro atoms. The van der Waals surface area contributed by atoms with Gasteiger partial charge in [0.1, 0.15) is 18.4 Å². The van der Waals surface area contributed by atoms with Crippen LogP contribution in [0.5, 0.6) is 5.75 Å². The highest BCUT2D eigenvalue weighted by Gasteiger charge is 2.17. The second-order valence-electron chi connectivity index (χ2n) is 5.69. The number of ether oxygens (including phenoxy) is 1. The molecule has 0 fully saturated rings. The van der Waals surface area contributed by atoms with Crippen molar-refractivity contribution in [2.75, 3.05) is 12.0 Å². The maximum atomic E-state index is 11.4. The molecule has 26 heavy (non-hydrogen) atoms. The molecule has 0 aliphatic heterocycles. The summed E-state index contributed by atoms with van der Waals surface area (Å²) in [6.45, 7) is 0.756. The Hall–Kier alpha value is -1.21. The van der Waals surface area contributed by atoms with Crippen LogP contribution in [0.4, 0.5) is 0 Å². The molecular weight excluding hydrogens is 438 g/mol. The molecule has 1 atom stereocenters. The lowest BCUT2D eigenvalue weighted by molar-refractivity contribution is -0.139. The molecule has 0 heterocycles. The molecule has 1 unspecified atom stereocenters. The first-order valence-corrected chi connectivity index (χ1v) is 10.7. The Morgan fingerprint density at radius 2 is 2.08 bits per heavy atom. The number of carbonyl (C=O) groups is 1. The number of carboxylic acids is 1. The number of halogens is 2. The molecule has 0 saturated heterocycles. The predicted octanol–water partition coefficient (Wildman–Crippen LogP) is 4.98. The second kappa shape index (κ2) is 10.8. The van der Waals surface area contributed by atoms with Crippen LogP contribution in [-0.4, -0.2) is 29.1 Å². The van der Waals surface area contributed by atoms with Crippen molar-refractivity contribution in [3.05, 3.63) is 63.1 Å². The van der Waals surface area contributed by atoms with E-state index in [-0.39, 0.29) is 0 Å². The fourth-order valence-electron chi connectivity index (χ4n) is 2.38. The molecule has 0 saturated carbocycles. The molecule has 0 aromatic heterocycles. The van der Waals surface area contributed by atoms with Crippen LogP contribution in [0.3, 0.4) is 0 Å². The molecule has 2 rings (SSSR count). The number of rotatable bonds is 10. The first-order chi connectivity index (χ1) is 12.5. The summed E-state index contributed by atoms with van der Waals surface area (Å²) in [5, 5.41) is 13.1. The van der Waals surface area contributed by atoms with Crippen molar-refractivity contribution in [3.8, 4) is 5.75 Å². The molecule has 0 aliphatic rings. The number of nitrogens with one attached hydrogen (secondary N) is 1. The minimum absolute atomic E-state index is 0.350. The molecule has 140 valence electrons. The van der Waals surface area contributed by atoms with Crippen molar-refractivity contribution in [2.45, 2.75) is 25.6 Å². The van der Waals surface area contributed by atoms with Gasteiger partial charge in [0.05, 0.1) is 0 Å². The van der Waals surface area contributed by atoms with Gasteiger partial charge in [-0.1, -0.05) is 45.7 Å². The van der Waals surface area contributed by atoms with Gasteiger partial charge in [0.2, 0.25) is 0 Å². The zero-order valence-electron chi connectivity index (χ0n) is 14.4. The zero-order chi connectivity index (χ0) is 18.9. The van der Waals surface area contributed by atoms with Crippen molar-refractivity contribution in [2.24, 2.45) is 0 Å². The van der Waals surface area contributed by atoms with E-state index in [9.17, 15) is 9.90 Å². The van der Waals surface area contributed by atoms with E-state index in [0.29, 0.717) is 30.3 Å². The van der Waals surface area contributed by atoms with Gasteiger partial charge in [-0.15, -0.1) is 0 Å². The van der Waals surface area contributed by atoms with Crippen molar-refractivity contribution in [1.29, 1.82) is 0 Å². The van der Waals surface area contributed by atoms with Crippen LogP contribution in [0.2, 0.25) is 5.02 Å². The fraction of sp³-hybridized carbons (Fsp3) is 0.316. The largest absolute Gasteiger partial charge is 0.489 e. The highest BCUT2D eigenvalue weighted by atomic mass is 79.9. The van der Waals surface area contributed by atoms with E-state index in [1.54, 1.807) is 11.8 Å². The van der Waals surface area contributed by atoms with Gasteiger partial charge < -0.3 is 15.2 Å². The van der Waals surface area contributed by atoms with Gasteiger partial charge in [0.15, 0.2) is 0 Å². The standard InChI is InChI=1S/C19H21BrClNO3S/c1-26-9-8-17(19(23)24)22-11-14-10-15(20)6-7-18(14)25-12-13-4-2-3-5-16(13)21/h2-7,10,17,22H,8-9,11-12H2,1H3,(H,23,24). The van der Waals surface area contributed by atoms with Crippen LogP contribution in [-0.2, 0) is 17.9 Å². The lowest BCUT2D eigenvalue weighted by Gasteiger charge is -2.17. The third kappa shape index (κ3) is 6.50. The summed E-state index contributed by atoms with van der Waals surface area (Å²) in [6, 6.07) is 12.7. The van der Waals surface area contributed by atoms with Gasteiger partial charge in [-0.25, -0.2) is 0 Å². The summed E-state index contributed by atoms with van der Waals surface area (Å²) < 4.78 is 6.85. The lowest BCUT2D eigenvalue weighted by Crippen LogP contribution is -2.36. The number of thioether (sulfide) groups is 1. The maximum absolute atomic E-state index is 11.4. The van der Waals surface area contributed by atoms with Crippen LogP contribution in [0.25, 0.3) is 0 Å². The zero-order valence-corrected chi connectivity index (χ0v) is 17.5. The van der Waals surface area contributed by atoms with Crippen LogP contribution >= 0.6 is 39.3 Å². The van der Waals surface area contributed by atoms with E-state index >= 15 is 0 Å². The molecule has 0 aliphatic carbocycles. The van der Waals surface area contributed by atoms with Crippen LogP contribution in [0.15, 0.2) is 46.9 Å². The Bertz CT molecular complexity index is 744. The van der Waals surface area contributed by atoms with Gasteiger partial charge in [0.25, 0.3) is 0 Å². The van der Waals surface area contributed by atoms with Crippen LogP contribution < -0.4 is 10.1 Å². The highest BCUT2D eigenvalue weighted by molar-refractivity contribution is 9.10. The minimum Gasteiger partial charge on any atom is -0.489 e. The SMILES string of the molecule is CSCCC(NCc1cc(Br)ccc1OCc1ccccc1Cl)C(=O)O. The summed E-state index contributed by atoms with van der Waals surface area (Å²) in [5.41, 5.74) is 1.79. The first kappa shape index (κ1) is 21.1. The molecule has 2 aromatic carbocycles. The first-order valence-electron chi connectivity index (χ1n) is 8.11. The van der Waals surface area contributed by atoms with Crippen molar-refractivity contribution >= 4 is 45.3 Å². The summed E-state index contributed by atoms with van der Waals surface area (Å²) in [7, 11) is 0. The third-order valence-corrected chi connectivity index (χ3v) is 5.32. The molecule has 2 aromatic rings. The normalized spacial score (nSPS) is 12.0. The number of hydrogen-bond acceptors (Lipinski definition) is 4. The molecule has 0 amide bonds. The molecule has 0 radical (unpaired) electrons. The molecule has 0 bridgehead atoms. The molecule has 7 heteroatoms. The third-order valence-electron chi connectivity index (χ3n) is 3.81. The summed E-state index contributed by atoms with van der Waals surface area (Å²) in [6.07, 6.45) is 2.54. The molecule has 4 nitrogen and oxygen atoms in total. The van der Waals surface area contributed by atoms with E-state index in [1.165, 1.54) is 0 Å². The van der Waals surface area contributed by atoms with E-state index in [2.05, 4.69) is 21.2 Å². The minimum atomic E-state index is -0.840. The van der Waals surface area contributed by atoms with Crippen molar-refractivity contribution in [1.82, 2.24) is 5.32 Å². The number of hydrogen-bond donors (Lipinski definition) is 2. The topological polar surface area (TPSA) is 58.6 Å². The van der Waals surface area contributed by atoms with E-state index < -0.39 is 12.0 Å². The average Bonchev–Trinajstić information content (AvgIpc) is 2.62. The van der Waals surface area contributed by atoms with Crippen molar-refractivity contribution < 1.29 is 14.6 Å². The van der Waals surface area contributed by atoms with Crippen LogP contribution in [0, 0.1) is 0 Å². The fourth-order valence-corrected chi connectivity index (χ4v) is 3.45. The summed E-state index contributed by atoms with van der Waals surface area (Å²) in [5.74, 6) is 0.653.